The van der Waals surface area contributed by atoms with E-state index in [-0.39, 0.29) is 55.1 Å². The number of sulfonamides is 1. The Morgan fingerprint density at radius 3 is 2.58 bits per heavy atom. The zero-order valence-electron chi connectivity index (χ0n) is 19.1. The van der Waals surface area contributed by atoms with Crippen LogP contribution in [0.4, 0.5) is 0 Å². The van der Waals surface area contributed by atoms with Gasteiger partial charge in [0, 0.05) is 26.6 Å². The lowest BCUT2D eigenvalue weighted by atomic mass is 10.1. The van der Waals surface area contributed by atoms with E-state index in [2.05, 4.69) is 14.5 Å². The van der Waals surface area contributed by atoms with Gasteiger partial charge in [0.15, 0.2) is 0 Å². The number of esters is 1. The molecule has 0 unspecified atom stereocenters. The third-order valence-corrected chi connectivity index (χ3v) is 6.68. The summed E-state index contributed by atoms with van der Waals surface area (Å²) in [5.74, 6) is -1.29. The smallest absolute Gasteiger partial charge is 0.325 e. The van der Waals surface area contributed by atoms with Crippen LogP contribution in [0, 0.1) is 6.92 Å². The van der Waals surface area contributed by atoms with Gasteiger partial charge in [-0.05, 0) is 38.3 Å². The van der Waals surface area contributed by atoms with Crippen LogP contribution in [-0.4, -0.2) is 81.8 Å². The number of aryl methyl sites for hydroxylation is 1. The number of carbonyl (C=O) groups is 3. The molecule has 0 saturated carbocycles. The molecule has 1 aliphatic heterocycles. The summed E-state index contributed by atoms with van der Waals surface area (Å²) in [7, 11) is -1.05. The molecule has 0 radical (unpaired) electrons. The van der Waals surface area contributed by atoms with Crippen LogP contribution in [0.15, 0.2) is 34.2 Å². The summed E-state index contributed by atoms with van der Waals surface area (Å²) < 4.78 is 31.6. The lowest BCUT2D eigenvalue weighted by Gasteiger charge is -2.34. The van der Waals surface area contributed by atoms with E-state index in [0.29, 0.717) is 12.8 Å². The Hall–Kier alpha value is -3.15. The molecular formula is C21H31N5O6S. The molecule has 1 saturated heterocycles. The van der Waals surface area contributed by atoms with Gasteiger partial charge in [-0.3, -0.25) is 19.4 Å². The van der Waals surface area contributed by atoms with Gasteiger partial charge in [-0.25, -0.2) is 13.1 Å². The van der Waals surface area contributed by atoms with Gasteiger partial charge >= 0.3 is 5.97 Å². The highest BCUT2D eigenvalue weighted by atomic mass is 32.2. The monoisotopic (exact) mass is 481 g/mol. The summed E-state index contributed by atoms with van der Waals surface area (Å²) in [5, 5.41) is 0. The molecule has 2 amide bonds. The van der Waals surface area contributed by atoms with E-state index >= 15 is 0 Å². The summed E-state index contributed by atoms with van der Waals surface area (Å²) in [4.78, 5) is 43.8. The van der Waals surface area contributed by atoms with E-state index in [0.717, 1.165) is 5.56 Å². The molecule has 3 N–H and O–H groups in total. The molecule has 2 rings (SSSR count). The molecule has 11 nitrogen and oxygen atoms in total. The lowest BCUT2D eigenvalue weighted by Crippen LogP contribution is -2.52. The summed E-state index contributed by atoms with van der Waals surface area (Å²) in [6.45, 7) is 2.10. The van der Waals surface area contributed by atoms with Crippen LogP contribution in [0.25, 0.3) is 0 Å². The van der Waals surface area contributed by atoms with Gasteiger partial charge in [0.05, 0.1) is 12.0 Å². The van der Waals surface area contributed by atoms with E-state index < -0.39 is 22.0 Å². The average Bonchev–Trinajstić information content (AvgIpc) is 2.76. The standard InChI is InChI=1S/C21H31N5O6S/c1-15-8-10-16(11-9-15)33(30,31)24-21(22)23-12-4-6-17-20(29)26(14-19(28)32-3)13-5-7-18(27)25(17)2/h8-11,17H,4-7,12-14H2,1-3H3,(H3,22,23,24)/t17-/m0/s1. The zero-order valence-corrected chi connectivity index (χ0v) is 19.9. The largest absolute Gasteiger partial charge is 0.468 e. The number of hydrogen-bond acceptors (Lipinski definition) is 7. The quantitative estimate of drug-likeness (QED) is 0.229. The van der Waals surface area contributed by atoms with Crippen molar-refractivity contribution in [3.63, 3.8) is 0 Å². The number of nitrogens with zero attached hydrogens (tertiary/aromatic N) is 3. The number of nitrogens with two attached hydrogens (primary N) is 1. The Morgan fingerprint density at radius 2 is 1.94 bits per heavy atom. The molecule has 0 bridgehead atoms. The van der Waals surface area contributed by atoms with E-state index in [1.54, 1.807) is 19.2 Å². The molecule has 1 heterocycles. The first kappa shape index (κ1) is 26.1. The van der Waals surface area contributed by atoms with E-state index in [4.69, 9.17) is 5.73 Å². The SMILES string of the molecule is COC(=O)CN1CCCC(=O)N(C)[C@@H](CCCN=C(N)NS(=O)(=O)c2ccc(C)cc2)C1=O. The second kappa shape index (κ2) is 11.6. The highest BCUT2D eigenvalue weighted by molar-refractivity contribution is 7.90. The third-order valence-electron chi connectivity index (χ3n) is 5.31. The number of nitrogens with one attached hydrogen (secondary N) is 1. The Bertz CT molecular complexity index is 993. The number of rotatable bonds is 8. The van der Waals surface area contributed by atoms with Crippen LogP contribution in [0.1, 0.15) is 31.2 Å². The molecule has 182 valence electrons. The first-order valence-electron chi connectivity index (χ1n) is 10.6. The van der Waals surface area contributed by atoms with Gasteiger partial charge in [0.2, 0.25) is 17.8 Å². The van der Waals surface area contributed by atoms with E-state index in [9.17, 15) is 22.8 Å². The summed E-state index contributed by atoms with van der Waals surface area (Å²) >= 11 is 0. The minimum Gasteiger partial charge on any atom is -0.468 e. The van der Waals surface area contributed by atoms with Crippen molar-refractivity contribution in [2.75, 3.05) is 33.8 Å². The van der Waals surface area contributed by atoms with Gasteiger partial charge in [-0.15, -0.1) is 0 Å². The van der Waals surface area contributed by atoms with E-state index in [1.807, 2.05) is 6.92 Å². The number of benzene rings is 1. The number of amides is 2. The summed E-state index contributed by atoms with van der Waals surface area (Å²) in [6, 6.07) is 5.53. The number of hydrogen-bond donors (Lipinski definition) is 2. The first-order valence-corrected chi connectivity index (χ1v) is 12.0. The van der Waals surface area contributed by atoms with Gasteiger partial charge < -0.3 is 20.3 Å². The van der Waals surface area contributed by atoms with Crippen molar-refractivity contribution in [2.45, 2.75) is 43.5 Å². The number of carbonyl (C=O) groups excluding carboxylic acids is 3. The van der Waals surface area contributed by atoms with E-state index in [1.165, 1.54) is 29.0 Å². The molecule has 1 aromatic rings. The fraction of sp³-hybridized carbons (Fsp3) is 0.524. The Morgan fingerprint density at radius 1 is 1.27 bits per heavy atom. The van der Waals surface area contributed by atoms with Gasteiger partial charge in [0.1, 0.15) is 12.6 Å². The normalized spacial score (nSPS) is 18.0. The lowest BCUT2D eigenvalue weighted by molar-refractivity contribution is -0.152. The summed E-state index contributed by atoms with van der Waals surface area (Å²) in [5.41, 5.74) is 6.65. The van der Waals surface area contributed by atoms with Crippen molar-refractivity contribution in [1.29, 1.82) is 0 Å². The van der Waals surface area contributed by atoms with Gasteiger partial charge in [-0.2, -0.15) is 0 Å². The topological polar surface area (TPSA) is 151 Å². The fourth-order valence-electron chi connectivity index (χ4n) is 3.38. The molecule has 1 fully saturated rings. The van der Waals surface area contributed by atoms with Crippen LogP contribution in [0.5, 0.6) is 0 Å². The minimum absolute atomic E-state index is 0.0669. The molecule has 1 aromatic carbocycles. The molecule has 33 heavy (non-hydrogen) atoms. The van der Waals surface area contributed by atoms with Crippen molar-refractivity contribution < 1.29 is 27.5 Å². The Balaban J connectivity index is 1.99. The highest BCUT2D eigenvalue weighted by Crippen LogP contribution is 2.16. The third kappa shape index (κ3) is 7.45. The van der Waals surface area contributed by atoms with Crippen LogP contribution in [0.2, 0.25) is 0 Å². The molecular weight excluding hydrogens is 450 g/mol. The predicted octanol–water partition coefficient (Wildman–Crippen LogP) is -0.00938. The molecule has 0 aromatic heterocycles. The Kier molecular flexibility index (Phi) is 9.21. The van der Waals surface area contributed by atoms with Crippen molar-refractivity contribution in [2.24, 2.45) is 10.7 Å². The number of ether oxygens (including phenoxy) is 1. The van der Waals surface area contributed by atoms with Crippen LogP contribution >= 0.6 is 0 Å². The fourth-order valence-corrected chi connectivity index (χ4v) is 4.33. The number of aliphatic imine (C=N–C) groups is 1. The first-order chi connectivity index (χ1) is 15.5. The maximum absolute atomic E-state index is 13.0. The molecule has 0 aliphatic carbocycles. The second-order valence-corrected chi connectivity index (χ2v) is 9.47. The number of likely N-dealkylation sites (N-methyl/N-ethyl adjacent to an activating group) is 1. The van der Waals surface area contributed by atoms with Crippen LogP contribution in [0.3, 0.4) is 0 Å². The minimum atomic E-state index is -3.85. The number of guanidine groups is 1. The summed E-state index contributed by atoms with van der Waals surface area (Å²) in [6.07, 6.45) is 1.37. The van der Waals surface area contributed by atoms with Crippen molar-refractivity contribution >= 4 is 33.8 Å². The second-order valence-electron chi connectivity index (χ2n) is 7.79. The zero-order chi connectivity index (χ0) is 24.6. The maximum atomic E-state index is 13.0. The highest BCUT2D eigenvalue weighted by Gasteiger charge is 2.33. The van der Waals surface area contributed by atoms with Crippen molar-refractivity contribution in [3.8, 4) is 0 Å². The van der Waals surface area contributed by atoms with Crippen LogP contribution < -0.4 is 10.5 Å². The average molecular weight is 482 g/mol. The molecule has 1 atom stereocenters. The molecule has 0 spiro atoms. The van der Waals surface area contributed by atoms with Gasteiger partial charge in [0.25, 0.3) is 10.0 Å². The van der Waals surface area contributed by atoms with Gasteiger partial charge in [-0.1, -0.05) is 17.7 Å². The van der Waals surface area contributed by atoms with Crippen molar-refractivity contribution in [3.05, 3.63) is 29.8 Å². The molecule has 12 heteroatoms. The Labute approximate surface area is 194 Å². The van der Waals surface area contributed by atoms with Crippen molar-refractivity contribution in [1.82, 2.24) is 14.5 Å². The van der Waals surface area contributed by atoms with Crippen LogP contribution in [-0.2, 0) is 29.1 Å². The number of methoxy groups -OCH3 is 1. The predicted molar refractivity (Wildman–Crippen MR) is 122 cm³/mol. The molecule has 1 aliphatic rings. The maximum Gasteiger partial charge on any atom is 0.325 e.